The van der Waals surface area contributed by atoms with Crippen LogP contribution >= 0.6 is 0 Å². The number of carbonyl (C=O) groups excluding carboxylic acids is 6. The van der Waals surface area contributed by atoms with Gasteiger partial charge in [0, 0.05) is 32.1 Å². The molecule has 4 atom stereocenters. The molecule has 0 aliphatic carbocycles. The van der Waals surface area contributed by atoms with Gasteiger partial charge in [0.05, 0.1) is 20.1 Å². The summed E-state index contributed by atoms with van der Waals surface area (Å²) in [6.45, 7) is -0.825. The quantitative estimate of drug-likeness (QED) is 0.0603. The van der Waals surface area contributed by atoms with Crippen LogP contribution in [0.1, 0.15) is 49.7 Å². The highest BCUT2D eigenvalue weighted by atomic mass is 19.1. The molecule has 0 fully saturated rings. The van der Waals surface area contributed by atoms with Crippen molar-refractivity contribution in [2.24, 2.45) is 5.73 Å². The van der Waals surface area contributed by atoms with Crippen molar-refractivity contribution in [1.29, 1.82) is 0 Å². The van der Waals surface area contributed by atoms with Gasteiger partial charge >= 0.3 is 17.9 Å². The highest BCUT2D eigenvalue weighted by Gasteiger charge is 2.31. The zero-order valence-corrected chi connectivity index (χ0v) is 29.7. The van der Waals surface area contributed by atoms with Gasteiger partial charge < -0.3 is 52.4 Å². The van der Waals surface area contributed by atoms with Crippen molar-refractivity contribution in [2.45, 2.75) is 75.5 Å². The first-order valence-electron chi connectivity index (χ1n) is 16.8. The van der Waals surface area contributed by atoms with Gasteiger partial charge in [-0.25, -0.2) is 4.39 Å². The molecule has 0 aliphatic heterocycles. The van der Waals surface area contributed by atoms with Crippen LogP contribution < -0.4 is 37.1 Å². The molecule has 19 nitrogen and oxygen atoms in total. The van der Waals surface area contributed by atoms with E-state index in [2.05, 4.69) is 26.6 Å². The van der Waals surface area contributed by atoms with E-state index in [1.54, 1.807) is 24.3 Å². The molecule has 2 aromatic carbocycles. The van der Waals surface area contributed by atoms with Gasteiger partial charge in [0.15, 0.2) is 0 Å². The van der Waals surface area contributed by atoms with Crippen LogP contribution in [0.4, 0.5) is 4.39 Å². The van der Waals surface area contributed by atoms with E-state index >= 15 is 0 Å². The molecular formula is C35H43FN6O13. The Morgan fingerprint density at radius 2 is 1.16 bits per heavy atom. The van der Waals surface area contributed by atoms with E-state index in [9.17, 15) is 47.5 Å². The summed E-state index contributed by atoms with van der Waals surface area (Å²) in [6.07, 6.45) is -3.59. The molecule has 2 rings (SSSR count). The third-order valence-corrected chi connectivity index (χ3v) is 7.86. The van der Waals surface area contributed by atoms with E-state index in [0.717, 1.165) is 6.07 Å². The molecule has 55 heavy (non-hydrogen) atoms. The second kappa shape index (κ2) is 22.5. The second-order valence-electron chi connectivity index (χ2n) is 12.1. The Labute approximate surface area is 313 Å². The van der Waals surface area contributed by atoms with Gasteiger partial charge in [0.25, 0.3) is 0 Å². The molecule has 4 unspecified atom stereocenters. The first-order valence-corrected chi connectivity index (χ1v) is 16.8. The monoisotopic (exact) mass is 774 g/mol. The number of halogens is 1. The fourth-order valence-electron chi connectivity index (χ4n) is 4.96. The molecule has 0 radical (unpaired) electrons. The van der Waals surface area contributed by atoms with Gasteiger partial charge in [-0.2, -0.15) is 0 Å². The summed E-state index contributed by atoms with van der Waals surface area (Å²) < 4.78 is 19.9. The molecule has 0 spiro atoms. The van der Waals surface area contributed by atoms with E-state index in [4.69, 9.17) is 25.8 Å². The number of nitrogens with two attached hydrogens (primary N) is 1. The lowest BCUT2D eigenvalue weighted by molar-refractivity contribution is -0.139. The van der Waals surface area contributed by atoms with Gasteiger partial charge in [0.1, 0.15) is 35.7 Å². The zero-order valence-electron chi connectivity index (χ0n) is 29.7. The maximum absolute atomic E-state index is 14.7. The highest BCUT2D eigenvalue weighted by molar-refractivity contribution is 5.96. The molecule has 10 N–H and O–H groups in total. The minimum Gasteiger partial charge on any atom is -0.497 e. The van der Waals surface area contributed by atoms with E-state index in [1.165, 1.54) is 25.3 Å². The van der Waals surface area contributed by atoms with Crippen LogP contribution in [0.3, 0.4) is 0 Å². The average Bonchev–Trinajstić information content (AvgIpc) is 3.13. The summed E-state index contributed by atoms with van der Waals surface area (Å²) in [5.41, 5.74) is 5.85. The summed E-state index contributed by atoms with van der Waals surface area (Å²) in [5.74, 6) is -9.98. The van der Waals surface area contributed by atoms with Crippen molar-refractivity contribution in [3.05, 3.63) is 65.5 Å². The van der Waals surface area contributed by atoms with Crippen LogP contribution in [0, 0.1) is 5.82 Å². The van der Waals surface area contributed by atoms with Crippen molar-refractivity contribution >= 4 is 53.4 Å². The minimum atomic E-state index is -1.59. The first kappa shape index (κ1) is 44.6. The Balaban J connectivity index is 2.33. The maximum Gasteiger partial charge on any atom is 0.303 e. The van der Waals surface area contributed by atoms with Crippen LogP contribution in [0.2, 0.25) is 0 Å². The number of rotatable bonds is 24. The highest BCUT2D eigenvalue weighted by Crippen LogP contribution is 2.14. The Kier molecular flexibility index (Phi) is 18.2. The van der Waals surface area contributed by atoms with Crippen LogP contribution in [0.15, 0.2) is 48.5 Å². The SMILES string of the molecule is COc1ccc(CC(NC(=O)C(Cc2ccccc2F)NC(=O)CNC(=O)C(CCC(=O)O)NC(=O)CCC(=O)O)C(=O)NC(CCC(=O)O)C(N)=O)cc1. The molecule has 0 saturated carbocycles. The van der Waals surface area contributed by atoms with Crippen molar-refractivity contribution in [3.63, 3.8) is 0 Å². The van der Waals surface area contributed by atoms with Gasteiger partial charge in [-0.1, -0.05) is 30.3 Å². The Bertz CT molecular complexity index is 1720. The number of methoxy groups -OCH3 is 1. The van der Waals surface area contributed by atoms with Crippen molar-refractivity contribution in [1.82, 2.24) is 26.6 Å². The topological polar surface area (TPSA) is 310 Å². The van der Waals surface area contributed by atoms with Crippen LogP contribution in [0.25, 0.3) is 0 Å². The molecule has 0 aromatic heterocycles. The Morgan fingerprint density at radius 1 is 0.636 bits per heavy atom. The summed E-state index contributed by atoms with van der Waals surface area (Å²) in [4.78, 5) is 111. The molecule has 0 bridgehead atoms. The lowest BCUT2D eigenvalue weighted by atomic mass is 10.0. The third-order valence-electron chi connectivity index (χ3n) is 7.86. The molecule has 298 valence electrons. The van der Waals surface area contributed by atoms with E-state index in [1.807, 2.05) is 0 Å². The number of nitrogens with one attached hydrogen (secondary N) is 5. The standard InChI is InChI=1S/C35H43FN6O13/c1-55-21-8-6-19(7-9-21)16-25(34(53)41-23(32(37)51)10-13-29(45)46)42-35(54)26(17-20-4-2-3-5-22(20)36)40-28(44)18-38-33(52)24(11-14-30(47)48)39-27(43)12-15-31(49)50/h2-9,23-26H,10-18H2,1H3,(H2,37,51)(H,38,52)(H,39,43)(H,40,44)(H,41,53)(H,42,54)(H,45,46)(H,47,48)(H,49,50). The summed E-state index contributed by atoms with van der Waals surface area (Å²) in [5, 5.41) is 38.5. The number of benzene rings is 2. The number of ether oxygens (including phenoxy) is 1. The molecule has 20 heteroatoms. The zero-order chi connectivity index (χ0) is 41.1. The molecule has 0 saturated heterocycles. The molecule has 2 aromatic rings. The van der Waals surface area contributed by atoms with Crippen molar-refractivity contribution < 1.29 is 67.6 Å². The van der Waals surface area contributed by atoms with Crippen molar-refractivity contribution in [2.75, 3.05) is 13.7 Å². The predicted octanol–water partition coefficient (Wildman–Crippen LogP) is -1.25. The van der Waals surface area contributed by atoms with Gasteiger partial charge in [-0.15, -0.1) is 0 Å². The lowest BCUT2D eigenvalue weighted by Crippen LogP contribution is -2.58. The molecule has 0 aliphatic rings. The van der Waals surface area contributed by atoms with Crippen LogP contribution in [-0.2, 0) is 56.0 Å². The Morgan fingerprint density at radius 3 is 1.71 bits per heavy atom. The number of amides is 6. The largest absolute Gasteiger partial charge is 0.497 e. The Hall–Kier alpha value is -6.60. The lowest BCUT2D eigenvalue weighted by Gasteiger charge is -2.25. The van der Waals surface area contributed by atoms with E-state index in [-0.39, 0.29) is 18.4 Å². The predicted molar refractivity (Wildman–Crippen MR) is 187 cm³/mol. The molecular weight excluding hydrogens is 731 g/mol. The molecule has 6 amide bonds. The minimum absolute atomic E-state index is 0.0246. The maximum atomic E-state index is 14.7. The number of primary amides is 1. The fraction of sp³-hybridized carbons (Fsp3) is 0.400. The number of carbonyl (C=O) groups is 9. The van der Waals surface area contributed by atoms with Gasteiger partial charge in [-0.05, 0) is 42.2 Å². The number of carboxylic acids is 3. The van der Waals surface area contributed by atoms with E-state index in [0.29, 0.717) is 11.3 Å². The number of carboxylic acid groups (broad SMARTS) is 3. The van der Waals surface area contributed by atoms with Gasteiger partial charge in [-0.3, -0.25) is 43.2 Å². The number of aliphatic carboxylic acids is 3. The second-order valence-corrected chi connectivity index (χ2v) is 12.1. The summed E-state index contributed by atoms with van der Waals surface area (Å²) >= 11 is 0. The molecule has 0 heterocycles. The normalized spacial score (nSPS) is 12.8. The van der Waals surface area contributed by atoms with Gasteiger partial charge in [0.2, 0.25) is 35.4 Å². The van der Waals surface area contributed by atoms with Crippen LogP contribution in [0.5, 0.6) is 5.75 Å². The summed E-state index contributed by atoms with van der Waals surface area (Å²) in [7, 11) is 1.43. The average molecular weight is 775 g/mol. The number of hydrogen-bond donors (Lipinski definition) is 9. The smallest absolute Gasteiger partial charge is 0.303 e. The van der Waals surface area contributed by atoms with Crippen molar-refractivity contribution in [3.8, 4) is 5.75 Å². The fourth-order valence-corrected chi connectivity index (χ4v) is 4.96. The van der Waals surface area contributed by atoms with Crippen LogP contribution in [-0.4, -0.2) is 106 Å². The first-order chi connectivity index (χ1) is 26.0. The summed E-state index contributed by atoms with van der Waals surface area (Å²) in [6, 6.07) is 5.66. The number of hydrogen-bond acceptors (Lipinski definition) is 10. The third kappa shape index (κ3) is 16.7. The van der Waals surface area contributed by atoms with E-state index < -0.39 is 128 Å².